The first-order valence-electron chi connectivity index (χ1n) is 7.28. The first-order chi connectivity index (χ1) is 9.97. The quantitative estimate of drug-likeness (QED) is 0.803. The van der Waals surface area contributed by atoms with E-state index in [9.17, 15) is 17.6 Å². The number of piperazine rings is 1. The van der Waals surface area contributed by atoms with Crippen molar-refractivity contribution < 1.29 is 17.6 Å². The second kappa shape index (κ2) is 8.01. The van der Waals surface area contributed by atoms with Crippen molar-refractivity contribution in [3.63, 3.8) is 0 Å². The molecule has 1 saturated heterocycles. The molecule has 132 valence electrons. The zero-order valence-corrected chi connectivity index (χ0v) is 14.0. The van der Waals surface area contributed by atoms with E-state index in [0.29, 0.717) is 17.5 Å². The number of nitrogens with zero attached hydrogens (tertiary/aromatic N) is 1. The maximum atomic E-state index is 14.2. The molecule has 2 aliphatic rings. The number of alkyl halides is 3. The maximum Gasteiger partial charge on any atom is 0.416 e. The molecule has 0 spiro atoms. The van der Waals surface area contributed by atoms with Gasteiger partial charge in [0.05, 0.1) is 5.56 Å². The van der Waals surface area contributed by atoms with Crippen molar-refractivity contribution >= 4 is 24.8 Å². The Morgan fingerprint density at radius 3 is 2.17 bits per heavy atom. The SMILES string of the molecule is Cl.Cl.Fc1cc(C(F)(F)F)ccc1[C@H](C1CC1)N1CCNCC1. The van der Waals surface area contributed by atoms with E-state index in [0.717, 1.165) is 45.1 Å². The highest BCUT2D eigenvalue weighted by molar-refractivity contribution is 5.85. The van der Waals surface area contributed by atoms with Crippen LogP contribution in [0.4, 0.5) is 17.6 Å². The van der Waals surface area contributed by atoms with E-state index in [2.05, 4.69) is 10.2 Å². The Morgan fingerprint density at radius 1 is 1.09 bits per heavy atom. The molecule has 0 amide bonds. The second-order valence-electron chi connectivity index (χ2n) is 5.80. The van der Waals surface area contributed by atoms with Crippen LogP contribution in [-0.2, 0) is 6.18 Å². The summed E-state index contributed by atoms with van der Waals surface area (Å²) in [5.74, 6) is -0.366. The molecule has 2 nitrogen and oxygen atoms in total. The van der Waals surface area contributed by atoms with Crippen LogP contribution in [0.1, 0.15) is 30.0 Å². The zero-order valence-electron chi connectivity index (χ0n) is 12.4. The largest absolute Gasteiger partial charge is 0.416 e. The van der Waals surface area contributed by atoms with Crippen molar-refractivity contribution in [1.29, 1.82) is 0 Å². The topological polar surface area (TPSA) is 15.3 Å². The summed E-state index contributed by atoms with van der Waals surface area (Å²) in [6.45, 7) is 3.29. The van der Waals surface area contributed by atoms with Crippen molar-refractivity contribution in [3.05, 3.63) is 35.1 Å². The Hall–Kier alpha value is -0.560. The van der Waals surface area contributed by atoms with Crippen molar-refractivity contribution in [3.8, 4) is 0 Å². The average Bonchev–Trinajstić information content (AvgIpc) is 3.26. The van der Waals surface area contributed by atoms with Gasteiger partial charge in [0.15, 0.2) is 0 Å². The molecular weight excluding hydrogens is 355 g/mol. The van der Waals surface area contributed by atoms with Crippen molar-refractivity contribution in [2.75, 3.05) is 26.2 Å². The number of benzene rings is 1. The van der Waals surface area contributed by atoms with Gasteiger partial charge in [-0.15, -0.1) is 24.8 Å². The first-order valence-corrected chi connectivity index (χ1v) is 7.28. The molecule has 0 radical (unpaired) electrons. The van der Waals surface area contributed by atoms with E-state index in [1.54, 1.807) is 0 Å². The van der Waals surface area contributed by atoms with Gasteiger partial charge < -0.3 is 5.32 Å². The van der Waals surface area contributed by atoms with Gasteiger partial charge in [0.25, 0.3) is 0 Å². The lowest BCUT2D eigenvalue weighted by atomic mass is 9.97. The van der Waals surface area contributed by atoms with Crippen LogP contribution in [0.5, 0.6) is 0 Å². The molecule has 1 heterocycles. The van der Waals surface area contributed by atoms with Gasteiger partial charge in [-0.05, 0) is 30.9 Å². The lowest BCUT2D eigenvalue weighted by Gasteiger charge is -2.35. The molecule has 2 fully saturated rings. The standard InChI is InChI=1S/C15H18F4N2.2ClH/c16-13-9-11(15(17,18)19)3-4-12(13)14(10-1-2-10)21-7-5-20-6-8-21;;/h3-4,9-10,14,20H,1-2,5-8H2;2*1H/t14-;;/m0../s1. The third-order valence-corrected chi connectivity index (χ3v) is 4.26. The van der Waals surface area contributed by atoms with Crippen molar-refractivity contribution in [1.82, 2.24) is 10.2 Å². The van der Waals surface area contributed by atoms with Crippen LogP contribution >= 0.6 is 24.8 Å². The summed E-state index contributed by atoms with van der Waals surface area (Å²) < 4.78 is 52.2. The van der Waals surface area contributed by atoms with Crippen LogP contribution in [0.25, 0.3) is 0 Å². The van der Waals surface area contributed by atoms with Crippen LogP contribution in [-0.4, -0.2) is 31.1 Å². The lowest BCUT2D eigenvalue weighted by molar-refractivity contribution is -0.137. The minimum Gasteiger partial charge on any atom is -0.314 e. The zero-order chi connectivity index (χ0) is 15.0. The number of hydrogen-bond donors (Lipinski definition) is 1. The predicted octanol–water partition coefficient (Wildman–Crippen LogP) is 4.04. The fourth-order valence-corrected chi connectivity index (χ4v) is 3.06. The Kier molecular flexibility index (Phi) is 7.13. The van der Waals surface area contributed by atoms with E-state index in [1.807, 2.05) is 0 Å². The van der Waals surface area contributed by atoms with Crippen LogP contribution < -0.4 is 5.32 Å². The fraction of sp³-hybridized carbons (Fsp3) is 0.600. The summed E-state index contributed by atoms with van der Waals surface area (Å²) in [5, 5.41) is 3.24. The Morgan fingerprint density at radius 2 is 1.70 bits per heavy atom. The number of rotatable bonds is 3. The molecule has 1 aliphatic carbocycles. The van der Waals surface area contributed by atoms with E-state index in [1.165, 1.54) is 6.07 Å². The Balaban J connectivity index is 0.00000132. The summed E-state index contributed by atoms with van der Waals surface area (Å²) in [4.78, 5) is 2.19. The molecule has 1 saturated carbocycles. The summed E-state index contributed by atoms with van der Waals surface area (Å²) in [5.41, 5.74) is -0.508. The van der Waals surface area contributed by atoms with E-state index in [4.69, 9.17) is 0 Å². The molecule has 23 heavy (non-hydrogen) atoms. The first kappa shape index (κ1) is 20.5. The van der Waals surface area contributed by atoms with Gasteiger partial charge in [-0.25, -0.2) is 4.39 Å². The third-order valence-electron chi connectivity index (χ3n) is 4.26. The van der Waals surface area contributed by atoms with Crippen LogP contribution in [0.3, 0.4) is 0 Å². The van der Waals surface area contributed by atoms with Gasteiger partial charge in [0, 0.05) is 37.8 Å². The minimum absolute atomic E-state index is 0. The molecule has 0 bridgehead atoms. The number of halogens is 6. The van der Waals surface area contributed by atoms with E-state index < -0.39 is 17.6 Å². The number of nitrogens with one attached hydrogen (secondary N) is 1. The van der Waals surface area contributed by atoms with E-state index in [-0.39, 0.29) is 30.9 Å². The van der Waals surface area contributed by atoms with Gasteiger partial charge in [0.1, 0.15) is 5.82 Å². The Labute approximate surface area is 145 Å². The predicted molar refractivity (Wildman–Crippen MR) is 85.8 cm³/mol. The molecule has 1 N–H and O–H groups in total. The molecule has 8 heteroatoms. The molecule has 1 atom stereocenters. The highest BCUT2D eigenvalue weighted by Gasteiger charge is 2.39. The third kappa shape index (κ3) is 4.72. The van der Waals surface area contributed by atoms with Crippen LogP contribution in [0.15, 0.2) is 18.2 Å². The van der Waals surface area contributed by atoms with Crippen LogP contribution in [0.2, 0.25) is 0 Å². The normalized spacial score (nSPS) is 20.3. The molecule has 1 aromatic rings. The van der Waals surface area contributed by atoms with Gasteiger partial charge in [-0.2, -0.15) is 13.2 Å². The maximum absolute atomic E-state index is 14.2. The average molecular weight is 375 g/mol. The number of hydrogen-bond acceptors (Lipinski definition) is 2. The summed E-state index contributed by atoms with van der Waals surface area (Å²) >= 11 is 0. The molecule has 0 aromatic heterocycles. The summed E-state index contributed by atoms with van der Waals surface area (Å²) in [6, 6.07) is 2.86. The van der Waals surface area contributed by atoms with Crippen molar-refractivity contribution in [2.45, 2.75) is 25.1 Å². The molecule has 0 unspecified atom stereocenters. The van der Waals surface area contributed by atoms with Gasteiger partial charge in [-0.3, -0.25) is 4.90 Å². The van der Waals surface area contributed by atoms with Gasteiger partial charge in [0.2, 0.25) is 0 Å². The lowest BCUT2D eigenvalue weighted by Crippen LogP contribution is -2.45. The molecule has 1 aromatic carbocycles. The van der Waals surface area contributed by atoms with Gasteiger partial charge >= 0.3 is 6.18 Å². The van der Waals surface area contributed by atoms with Gasteiger partial charge in [-0.1, -0.05) is 6.07 Å². The molecular formula is C15H20Cl2F4N2. The van der Waals surface area contributed by atoms with Crippen LogP contribution in [0, 0.1) is 11.7 Å². The monoisotopic (exact) mass is 374 g/mol. The fourth-order valence-electron chi connectivity index (χ4n) is 3.06. The highest BCUT2D eigenvalue weighted by atomic mass is 35.5. The van der Waals surface area contributed by atoms with Crippen molar-refractivity contribution in [2.24, 2.45) is 5.92 Å². The molecule has 1 aliphatic heterocycles. The summed E-state index contributed by atoms with van der Waals surface area (Å²) in [6.07, 6.45) is -2.45. The highest BCUT2D eigenvalue weighted by Crippen LogP contribution is 2.45. The Bertz CT molecular complexity index is 515. The van der Waals surface area contributed by atoms with E-state index >= 15 is 0 Å². The summed E-state index contributed by atoms with van der Waals surface area (Å²) in [7, 11) is 0. The minimum atomic E-state index is -4.50. The second-order valence-corrected chi connectivity index (χ2v) is 5.80. The smallest absolute Gasteiger partial charge is 0.314 e. The molecule has 3 rings (SSSR count).